The Bertz CT molecular complexity index is 1020. The molecule has 0 aliphatic heterocycles. The Morgan fingerprint density at radius 2 is 1.86 bits per heavy atom. The van der Waals surface area contributed by atoms with E-state index < -0.39 is 0 Å². The molecule has 2 amide bonds. The van der Waals surface area contributed by atoms with Crippen molar-refractivity contribution in [1.82, 2.24) is 20.3 Å². The maximum atomic E-state index is 11.4. The minimum Gasteiger partial charge on any atom is -0.341 e. The highest BCUT2D eigenvalue weighted by molar-refractivity contribution is 6.07. The lowest BCUT2D eigenvalue weighted by Gasteiger charge is -2.03. The topological polar surface area (TPSA) is 82.7 Å². The van der Waals surface area contributed by atoms with Gasteiger partial charge in [-0.05, 0) is 30.3 Å². The van der Waals surface area contributed by atoms with Crippen molar-refractivity contribution >= 4 is 44.8 Å². The van der Waals surface area contributed by atoms with Gasteiger partial charge in [0.2, 0.25) is 0 Å². The molecule has 2 aromatic heterocycles. The maximum absolute atomic E-state index is 11.4. The number of H-pyrrole nitrogens is 1. The Morgan fingerprint density at radius 1 is 1.09 bits per heavy atom. The average Bonchev–Trinajstić information content (AvgIpc) is 2.89. The highest BCUT2D eigenvalue weighted by Crippen LogP contribution is 2.27. The van der Waals surface area contributed by atoms with Crippen molar-refractivity contribution in [2.24, 2.45) is 0 Å². The molecule has 0 bridgehead atoms. The van der Waals surface area contributed by atoms with E-state index in [4.69, 9.17) is 0 Å². The molecule has 22 heavy (non-hydrogen) atoms. The molecule has 2 aromatic carbocycles. The summed E-state index contributed by atoms with van der Waals surface area (Å²) in [6.07, 6.45) is 0. The van der Waals surface area contributed by atoms with Crippen LogP contribution in [0.1, 0.15) is 0 Å². The second-order valence-corrected chi connectivity index (χ2v) is 5.00. The number of rotatable bonds is 1. The van der Waals surface area contributed by atoms with E-state index in [0.29, 0.717) is 5.69 Å². The van der Waals surface area contributed by atoms with Crippen molar-refractivity contribution in [3.63, 3.8) is 0 Å². The van der Waals surface area contributed by atoms with Crippen LogP contribution < -0.4 is 10.6 Å². The number of carbonyl (C=O) groups excluding carboxylic acids is 1. The number of nitrogens with one attached hydrogen (secondary N) is 3. The second kappa shape index (κ2) is 4.70. The summed E-state index contributed by atoms with van der Waals surface area (Å²) in [5.74, 6) is 0. The number of nitrogens with zero attached hydrogens (tertiary/aromatic N) is 2. The zero-order valence-electron chi connectivity index (χ0n) is 11.8. The van der Waals surface area contributed by atoms with Crippen LogP contribution in [-0.2, 0) is 0 Å². The molecule has 0 aliphatic rings. The molecule has 2 heterocycles. The number of aromatic amines is 1. The van der Waals surface area contributed by atoms with Crippen molar-refractivity contribution < 1.29 is 4.79 Å². The first-order valence-electron chi connectivity index (χ1n) is 6.91. The number of anilines is 1. The minimum absolute atomic E-state index is 0.254. The van der Waals surface area contributed by atoms with Crippen LogP contribution in [0.2, 0.25) is 0 Å². The largest absolute Gasteiger partial charge is 0.341 e. The monoisotopic (exact) mass is 291 g/mol. The van der Waals surface area contributed by atoms with Crippen LogP contribution in [-0.4, -0.2) is 28.0 Å². The summed E-state index contributed by atoms with van der Waals surface area (Å²) in [6, 6.07) is 13.1. The molecule has 4 rings (SSSR count). The van der Waals surface area contributed by atoms with Gasteiger partial charge in [0, 0.05) is 23.6 Å². The van der Waals surface area contributed by atoms with E-state index in [1.165, 1.54) is 0 Å². The van der Waals surface area contributed by atoms with E-state index in [0.717, 1.165) is 33.1 Å². The van der Waals surface area contributed by atoms with Crippen LogP contribution in [0.25, 0.3) is 33.1 Å². The van der Waals surface area contributed by atoms with Crippen LogP contribution in [0.5, 0.6) is 0 Å². The predicted molar refractivity (Wildman–Crippen MR) is 87.0 cm³/mol. The number of urea groups is 1. The third-order valence-corrected chi connectivity index (χ3v) is 3.58. The number of aromatic nitrogens is 3. The van der Waals surface area contributed by atoms with Gasteiger partial charge in [-0.15, -0.1) is 0 Å². The molecular weight excluding hydrogens is 278 g/mol. The summed E-state index contributed by atoms with van der Waals surface area (Å²) >= 11 is 0. The van der Waals surface area contributed by atoms with Gasteiger partial charge in [0.15, 0.2) is 5.65 Å². The van der Waals surface area contributed by atoms with E-state index in [2.05, 4.69) is 25.6 Å². The van der Waals surface area contributed by atoms with Gasteiger partial charge in [-0.1, -0.05) is 12.1 Å². The third kappa shape index (κ3) is 1.93. The number of hydrogen-bond donors (Lipinski definition) is 3. The van der Waals surface area contributed by atoms with E-state index in [1.807, 2.05) is 42.5 Å². The van der Waals surface area contributed by atoms with E-state index >= 15 is 0 Å². The molecule has 4 aromatic rings. The van der Waals surface area contributed by atoms with Crippen molar-refractivity contribution in [1.29, 1.82) is 0 Å². The van der Waals surface area contributed by atoms with Crippen molar-refractivity contribution in [2.45, 2.75) is 0 Å². The fourth-order valence-electron chi connectivity index (χ4n) is 2.52. The summed E-state index contributed by atoms with van der Waals surface area (Å²) in [7, 11) is 1.58. The molecular formula is C16H13N5O. The zero-order chi connectivity index (χ0) is 15.1. The van der Waals surface area contributed by atoms with Gasteiger partial charge in [-0.25, -0.2) is 14.8 Å². The number of amides is 2. The Hall–Kier alpha value is -3.15. The first kappa shape index (κ1) is 12.6. The van der Waals surface area contributed by atoms with E-state index in [9.17, 15) is 4.79 Å². The van der Waals surface area contributed by atoms with Crippen LogP contribution in [0, 0.1) is 0 Å². The summed E-state index contributed by atoms with van der Waals surface area (Å²) in [4.78, 5) is 24.0. The first-order chi connectivity index (χ1) is 10.7. The zero-order valence-corrected chi connectivity index (χ0v) is 11.8. The van der Waals surface area contributed by atoms with Gasteiger partial charge in [0.05, 0.1) is 11.0 Å². The minimum atomic E-state index is -0.254. The highest BCUT2D eigenvalue weighted by Gasteiger charge is 2.10. The Balaban J connectivity index is 1.95. The molecule has 0 aliphatic carbocycles. The van der Waals surface area contributed by atoms with Crippen LogP contribution in [0.15, 0.2) is 42.5 Å². The molecule has 6 nitrogen and oxygen atoms in total. The SMILES string of the molecule is CNC(=O)Nc1ccc2[nH]c3nc4ccccc4nc3c2c1. The lowest BCUT2D eigenvalue weighted by atomic mass is 10.2. The van der Waals surface area contributed by atoms with Gasteiger partial charge in [-0.3, -0.25) is 0 Å². The molecule has 0 fully saturated rings. The molecule has 0 saturated heterocycles. The van der Waals surface area contributed by atoms with Crippen molar-refractivity contribution in [3.05, 3.63) is 42.5 Å². The Labute approximate surface area is 125 Å². The number of para-hydroxylation sites is 2. The quantitative estimate of drug-likeness (QED) is 0.504. The van der Waals surface area contributed by atoms with E-state index in [1.54, 1.807) is 7.05 Å². The van der Waals surface area contributed by atoms with Gasteiger partial charge in [0.25, 0.3) is 0 Å². The molecule has 0 spiro atoms. The van der Waals surface area contributed by atoms with Gasteiger partial charge < -0.3 is 15.6 Å². The van der Waals surface area contributed by atoms with Gasteiger partial charge >= 0.3 is 6.03 Å². The lowest BCUT2D eigenvalue weighted by molar-refractivity contribution is 0.254. The molecule has 0 saturated carbocycles. The van der Waals surface area contributed by atoms with Gasteiger partial charge in [0.1, 0.15) is 5.52 Å². The van der Waals surface area contributed by atoms with E-state index in [-0.39, 0.29) is 6.03 Å². The summed E-state index contributed by atoms with van der Waals surface area (Å²) in [6.45, 7) is 0. The standard InChI is InChI=1S/C16H13N5O/c1-17-16(22)18-9-6-7-11-10(8-9)14-15(20-11)21-13-5-3-2-4-12(13)19-14/h2-8H,1H3,(H,20,21)(H2,17,18,22). The summed E-state index contributed by atoms with van der Waals surface area (Å²) < 4.78 is 0. The smallest absolute Gasteiger partial charge is 0.318 e. The van der Waals surface area contributed by atoms with Crippen molar-refractivity contribution in [3.8, 4) is 0 Å². The highest BCUT2D eigenvalue weighted by atomic mass is 16.2. The van der Waals surface area contributed by atoms with Crippen LogP contribution >= 0.6 is 0 Å². The predicted octanol–water partition coefficient (Wildman–Crippen LogP) is 3.02. The molecule has 108 valence electrons. The lowest BCUT2D eigenvalue weighted by Crippen LogP contribution is -2.24. The fourth-order valence-corrected chi connectivity index (χ4v) is 2.52. The van der Waals surface area contributed by atoms with Gasteiger partial charge in [-0.2, -0.15) is 0 Å². The third-order valence-electron chi connectivity index (χ3n) is 3.58. The molecule has 6 heteroatoms. The maximum Gasteiger partial charge on any atom is 0.318 e. The first-order valence-corrected chi connectivity index (χ1v) is 6.91. The molecule has 0 unspecified atom stereocenters. The number of hydrogen-bond acceptors (Lipinski definition) is 3. The molecule has 0 radical (unpaired) electrons. The second-order valence-electron chi connectivity index (χ2n) is 5.00. The Kier molecular flexibility index (Phi) is 2.69. The molecule has 3 N–H and O–H groups in total. The number of carbonyl (C=O) groups is 1. The van der Waals surface area contributed by atoms with Crippen molar-refractivity contribution in [2.75, 3.05) is 12.4 Å². The fraction of sp³-hybridized carbons (Fsp3) is 0.0625. The number of fused-ring (bicyclic) bond motifs is 4. The normalized spacial score (nSPS) is 11.1. The Morgan fingerprint density at radius 3 is 2.64 bits per heavy atom. The molecule has 0 atom stereocenters. The summed E-state index contributed by atoms with van der Waals surface area (Å²) in [5, 5.41) is 6.23. The van der Waals surface area contributed by atoms with Crippen LogP contribution in [0.4, 0.5) is 10.5 Å². The van der Waals surface area contributed by atoms with Crippen LogP contribution in [0.3, 0.4) is 0 Å². The number of benzene rings is 2. The average molecular weight is 291 g/mol. The summed E-state index contributed by atoms with van der Waals surface area (Å²) in [5.41, 5.74) is 4.89.